The molecular weight excluding hydrogens is 260 g/mol. The second kappa shape index (κ2) is 5.23. The molecule has 0 amide bonds. The van der Waals surface area contributed by atoms with Crippen molar-refractivity contribution in [2.24, 2.45) is 0 Å². The van der Waals surface area contributed by atoms with E-state index < -0.39 is 15.1 Å². The average molecular weight is 282 g/mol. The number of sulfone groups is 1. The smallest absolute Gasteiger partial charge is 0.164 e. The summed E-state index contributed by atoms with van der Waals surface area (Å²) in [4.78, 5) is 3.98. The fourth-order valence-corrected chi connectivity index (χ4v) is 5.64. The molecule has 2 rings (SSSR count). The van der Waals surface area contributed by atoms with E-state index in [4.69, 9.17) is 0 Å². The number of nitrogens with zero attached hydrogens (tertiary/aromatic N) is 2. The summed E-state index contributed by atoms with van der Waals surface area (Å²) in [5, 5.41) is -0.698. The molecule has 4 nitrogen and oxygen atoms in total. The van der Waals surface area contributed by atoms with E-state index >= 15 is 0 Å². The van der Waals surface area contributed by atoms with Crippen molar-refractivity contribution in [1.82, 2.24) is 9.80 Å². The third kappa shape index (κ3) is 2.55. The van der Waals surface area contributed by atoms with Gasteiger partial charge in [0.15, 0.2) is 9.84 Å². The molecule has 1 aliphatic rings. The van der Waals surface area contributed by atoms with Crippen LogP contribution in [-0.2, 0) is 9.84 Å². The molecule has 1 aliphatic heterocycles. The lowest BCUT2D eigenvalue weighted by Crippen LogP contribution is -2.63. The zero-order chi connectivity index (χ0) is 14.2. The molecule has 0 saturated carbocycles. The summed E-state index contributed by atoms with van der Waals surface area (Å²) in [7, 11) is 4.65. The van der Waals surface area contributed by atoms with Gasteiger partial charge in [-0.25, -0.2) is 8.42 Å². The quantitative estimate of drug-likeness (QED) is 0.826. The highest BCUT2D eigenvalue weighted by Crippen LogP contribution is 2.44. The normalized spacial score (nSPS) is 29.5. The Bertz CT molecular complexity index is 526. The van der Waals surface area contributed by atoms with Crippen LogP contribution in [0.4, 0.5) is 0 Å². The van der Waals surface area contributed by atoms with E-state index in [2.05, 4.69) is 0 Å². The van der Waals surface area contributed by atoms with E-state index in [9.17, 15) is 8.42 Å². The molecule has 0 aromatic heterocycles. The van der Waals surface area contributed by atoms with Gasteiger partial charge in [0.1, 0.15) is 5.25 Å². The molecule has 1 aromatic carbocycles. The van der Waals surface area contributed by atoms with Crippen LogP contribution < -0.4 is 0 Å². The summed E-state index contributed by atoms with van der Waals surface area (Å²) in [6.07, 6.45) is 0. The van der Waals surface area contributed by atoms with Crippen LogP contribution in [0, 0.1) is 0 Å². The zero-order valence-electron chi connectivity index (χ0n) is 11.9. The van der Waals surface area contributed by atoms with Gasteiger partial charge in [-0.15, -0.1) is 0 Å². The van der Waals surface area contributed by atoms with Crippen LogP contribution in [0.25, 0.3) is 0 Å². The van der Waals surface area contributed by atoms with E-state index in [1.54, 1.807) is 0 Å². The highest BCUT2D eigenvalue weighted by molar-refractivity contribution is 7.93. The third-order valence-corrected chi connectivity index (χ3v) is 6.27. The van der Waals surface area contributed by atoms with Gasteiger partial charge in [0.05, 0.1) is 5.25 Å². The minimum absolute atomic E-state index is 0.0507. The van der Waals surface area contributed by atoms with Crippen molar-refractivity contribution < 1.29 is 8.42 Å². The summed E-state index contributed by atoms with van der Waals surface area (Å²) < 4.78 is 25.1. The van der Waals surface area contributed by atoms with Gasteiger partial charge in [-0.05, 0) is 33.8 Å². The van der Waals surface area contributed by atoms with Crippen LogP contribution in [0.3, 0.4) is 0 Å². The molecule has 0 spiro atoms. The third-order valence-electron chi connectivity index (χ3n) is 3.74. The van der Waals surface area contributed by atoms with E-state index in [-0.39, 0.29) is 11.3 Å². The first-order valence-corrected chi connectivity index (χ1v) is 8.05. The molecule has 106 valence electrons. The number of hydrogen-bond donors (Lipinski definition) is 0. The Labute approximate surface area is 115 Å². The van der Waals surface area contributed by atoms with Gasteiger partial charge in [-0.3, -0.25) is 0 Å². The minimum atomic E-state index is -3.09. The minimum Gasteiger partial charge on any atom is -0.308 e. The largest absolute Gasteiger partial charge is 0.308 e. The van der Waals surface area contributed by atoms with Gasteiger partial charge >= 0.3 is 0 Å². The Balaban J connectivity index is 2.34. The predicted molar refractivity (Wildman–Crippen MR) is 77.9 cm³/mol. The van der Waals surface area contributed by atoms with Gasteiger partial charge in [0.2, 0.25) is 0 Å². The fourth-order valence-electron chi connectivity index (χ4n) is 2.89. The Morgan fingerprint density at radius 3 is 2.11 bits per heavy atom. The molecule has 19 heavy (non-hydrogen) atoms. The predicted octanol–water partition coefficient (Wildman–Crippen LogP) is 1.02. The molecule has 5 heteroatoms. The number of hydrogen-bond acceptors (Lipinski definition) is 4. The molecule has 3 unspecified atom stereocenters. The topological polar surface area (TPSA) is 40.6 Å². The maximum absolute atomic E-state index is 12.5. The van der Waals surface area contributed by atoms with E-state index in [0.717, 1.165) is 5.56 Å². The number of rotatable bonds is 4. The first-order chi connectivity index (χ1) is 8.85. The summed E-state index contributed by atoms with van der Waals surface area (Å²) in [5.74, 6) is 0. The molecule has 3 atom stereocenters. The first-order valence-electron chi connectivity index (χ1n) is 6.44. The van der Waals surface area contributed by atoms with Crippen LogP contribution in [0.15, 0.2) is 30.3 Å². The second-order valence-electron chi connectivity index (χ2n) is 5.68. The van der Waals surface area contributed by atoms with Crippen LogP contribution in [0.5, 0.6) is 0 Å². The van der Waals surface area contributed by atoms with Crippen molar-refractivity contribution in [2.45, 2.75) is 16.5 Å². The van der Waals surface area contributed by atoms with Gasteiger partial charge in [0, 0.05) is 12.6 Å². The van der Waals surface area contributed by atoms with Crippen LogP contribution in [0.1, 0.15) is 10.8 Å². The summed E-state index contributed by atoms with van der Waals surface area (Å²) in [5.41, 5.74) is 0.899. The first kappa shape index (κ1) is 14.5. The SMILES string of the molecule is CN(C)CC1C(N(C)C)C(c2ccccc2)S1(=O)=O. The Morgan fingerprint density at radius 2 is 1.63 bits per heavy atom. The fraction of sp³-hybridized carbons (Fsp3) is 0.571. The maximum Gasteiger partial charge on any atom is 0.164 e. The molecule has 0 aliphatic carbocycles. The number of benzene rings is 1. The summed E-state index contributed by atoms with van der Waals surface area (Å²) >= 11 is 0. The van der Waals surface area contributed by atoms with Crippen molar-refractivity contribution in [3.63, 3.8) is 0 Å². The lowest BCUT2D eigenvalue weighted by Gasteiger charge is -2.48. The van der Waals surface area contributed by atoms with E-state index in [1.807, 2.05) is 68.3 Å². The monoisotopic (exact) mass is 282 g/mol. The van der Waals surface area contributed by atoms with Gasteiger partial charge in [-0.1, -0.05) is 30.3 Å². The molecule has 0 N–H and O–H groups in total. The van der Waals surface area contributed by atoms with Crippen molar-refractivity contribution in [3.8, 4) is 0 Å². The lowest BCUT2D eigenvalue weighted by atomic mass is 9.99. The van der Waals surface area contributed by atoms with Crippen molar-refractivity contribution in [2.75, 3.05) is 34.7 Å². The maximum atomic E-state index is 12.5. The Hall–Kier alpha value is -0.910. The summed E-state index contributed by atoms with van der Waals surface area (Å²) in [6, 6.07) is 9.58. The second-order valence-corrected chi connectivity index (χ2v) is 7.97. The van der Waals surface area contributed by atoms with Crippen LogP contribution in [-0.4, -0.2) is 64.2 Å². The van der Waals surface area contributed by atoms with Crippen molar-refractivity contribution in [1.29, 1.82) is 0 Å². The molecule has 1 heterocycles. The highest BCUT2D eigenvalue weighted by Gasteiger charge is 2.56. The Morgan fingerprint density at radius 1 is 1.05 bits per heavy atom. The van der Waals surface area contributed by atoms with E-state index in [1.165, 1.54) is 0 Å². The summed E-state index contributed by atoms with van der Waals surface area (Å²) in [6.45, 7) is 0.578. The highest BCUT2D eigenvalue weighted by atomic mass is 32.2. The molecule has 1 aromatic rings. The van der Waals surface area contributed by atoms with E-state index in [0.29, 0.717) is 6.54 Å². The Kier molecular flexibility index (Phi) is 3.99. The zero-order valence-corrected chi connectivity index (χ0v) is 12.8. The molecular formula is C14H22N2O2S. The lowest BCUT2D eigenvalue weighted by molar-refractivity contribution is 0.216. The van der Waals surface area contributed by atoms with Crippen LogP contribution >= 0.6 is 0 Å². The average Bonchev–Trinajstić information content (AvgIpc) is 2.33. The van der Waals surface area contributed by atoms with Crippen LogP contribution in [0.2, 0.25) is 0 Å². The molecule has 1 saturated heterocycles. The van der Waals surface area contributed by atoms with Gasteiger partial charge < -0.3 is 9.80 Å². The van der Waals surface area contributed by atoms with Crippen molar-refractivity contribution >= 4 is 9.84 Å². The van der Waals surface area contributed by atoms with Crippen molar-refractivity contribution in [3.05, 3.63) is 35.9 Å². The standard InChI is InChI=1S/C14H22N2O2S/c1-15(2)10-12-13(16(3)4)14(19(12,17)18)11-8-6-5-7-9-11/h5-9,12-14H,10H2,1-4H3. The molecule has 0 bridgehead atoms. The molecule has 1 fully saturated rings. The van der Waals surface area contributed by atoms with Gasteiger partial charge in [-0.2, -0.15) is 0 Å². The number of likely N-dealkylation sites (N-methyl/N-ethyl adjacent to an activating group) is 1. The molecule has 0 radical (unpaired) electrons. The van der Waals surface area contributed by atoms with Gasteiger partial charge in [0.25, 0.3) is 0 Å².